The summed E-state index contributed by atoms with van der Waals surface area (Å²) in [4.78, 5) is 0. The third kappa shape index (κ3) is 46.5. The molecule has 7 saturated carbocycles. The molecule has 2 radical (unpaired) electrons. The Kier molecular flexibility index (Phi) is 95.3. The van der Waals surface area contributed by atoms with Gasteiger partial charge in [0.05, 0.1) is 0 Å². The molecule has 19 rings (SSSR count). The predicted molar refractivity (Wildman–Crippen MR) is 511 cm³/mol. The van der Waals surface area contributed by atoms with Crippen LogP contribution in [-0.4, -0.2) is 0 Å². The molecule has 0 bridgehead atoms. The summed E-state index contributed by atoms with van der Waals surface area (Å²) in [7, 11) is 0. The number of rotatable bonds is 8. The summed E-state index contributed by atoms with van der Waals surface area (Å²) in [5.41, 5.74) is 14.6. The fraction of sp³-hybridized carbons (Fsp3) is 0.304. The van der Waals surface area contributed by atoms with Crippen LogP contribution < -0.4 is 0 Å². The normalized spacial score (nSPS) is 13.4. The average molecular weight is 2600 g/mol. The predicted octanol–water partition coefficient (Wildman–Crippen LogP) is 32.9. The summed E-state index contributed by atoms with van der Waals surface area (Å²) in [6, 6.07) is 102. The van der Waals surface area contributed by atoms with Gasteiger partial charge in [-0.1, -0.05) is 388 Å². The molecule has 684 valence electrons. The second-order valence-electron chi connectivity index (χ2n) is 29.9. The molecular weight excluding hydrogens is 2470 g/mol. The second-order valence-corrected chi connectivity index (χ2v) is 29.9. The van der Waals surface area contributed by atoms with Crippen molar-refractivity contribution in [2.75, 3.05) is 0 Å². The molecule has 7 fully saturated rings. The summed E-state index contributed by atoms with van der Waals surface area (Å²) in [5.74, 6) is 4.91. The number of nitrogens with zero attached hydrogens (tertiary/aromatic N) is 1. The van der Waals surface area contributed by atoms with Crippen molar-refractivity contribution in [3.05, 3.63) is 424 Å². The fourth-order valence-electron chi connectivity index (χ4n) is 17.8. The van der Waals surface area contributed by atoms with Crippen molar-refractivity contribution in [1.29, 1.82) is 5.26 Å². The zero-order valence-corrected chi connectivity index (χ0v) is 89.6. The fourth-order valence-corrected chi connectivity index (χ4v) is 17.8. The second kappa shape index (κ2) is 88.3. The van der Waals surface area contributed by atoms with Crippen LogP contribution >= 0.6 is 0 Å². The monoisotopic (exact) mass is 2600 g/mol. The van der Waals surface area contributed by atoms with Crippen LogP contribution in [0.3, 0.4) is 0 Å². The Morgan fingerprint density at radius 3 is 0.620 bits per heavy atom. The Hall–Kier alpha value is -7.68. The minimum Gasteiger partial charge on any atom is -0.358 e. The largest absolute Gasteiger partial charge is 2.00 e. The first-order valence-electron chi connectivity index (χ1n) is 41.2. The molecule has 0 aromatic heterocycles. The Morgan fingerprint density at radius 2 is 0.364 bits per heavy atom. The minimum absolute atomic E-state index is 0. The first kappa shape index (κ1) is 139. The molecule has 0 heterocycles. The Morgan fingerprint density at radius 1 is 0.178 bits per heavy atom. The molecule has 0 unspecified atom stereocenters. The molecule has 7 aliphatic carbocycles. The maximum Gasteiger partial charge on any atom is 2.00 e. The first-order chi connectivity index (χ1) is 58.1. The summed E-state index contributed by atoms with van der Waals surface area (Å²) < 4.78 is 60.0. The molecule has 0 aliphatic heterocycles. The van der Waals surface area contributed by atoms with Crippen LogP contribution in [0.1, 0.15) is 255 Å². The van der Waals surface area contributed by atoms with Gasteiger partial charge in [0, 0.05) is 40.8 Å². The van der Waals surface area contributed by atoms with E-state index in [1.807, 2.05) is 0 Å². The summed E-state index contributed by atoms with van der Waals surface area (Å²) in [5, 5.41) is 17.6. The van der Waals surface area contributed by atoms with E-state index in [0.717, 1.165) is 35.5 Å². The molecule has 0 amide bonds. The zero-order chi connectivity index (χ0) is 84.9. The smallest absolute Gasteiger partial charge is 0.358 e. The Bertz CT molecular complexity index is 4440. The van der Waals surface area contributed by atoms with Gasteiger partial charge in [0.1, 0.15) is 0 Å². The van der Waals surface area contributed by atoms with E-state index in [0.29, 0.717) is 0 Å². The van der Waals surface area contributed by atoms with Gasteiger partial charge in [0.2, 0.25) is 0 Å². The third-order valence-electron chi connectivity index (χ3n) is 23.4. The van der Waals surface area contributed by atoms with Crippen molar-refractivity contribution in [3.8, 4) is 22.3 Å². The van der Waals surface area contributed by atoms with Gasteiger partial charge in [-0.25, -0.2) is 0 Å². The SMILES string of the molecule is C1CCCC1.[C-]#N.[C-]#[O+].[C-]#[O+].[C-]#[O+].[C-]#[O+].[C-]#[O+].[C-]#[O+].[C-]#[O+].[C-]#[O+].[CH3-].[CH3-].[CH3-].[CH3-].[CH3-].[CH3-].[CH3-].[Os+2].[Os+2].[Os+2].[Re].[Re].c1ccc(-c2ccc(C3CCCC3)cc2)cc1.c1ccc(-c2ccc(C3CCCC3)cc2)cc1.c1ccc2c(C3CCCC3)cccc2c1.c1ccc2c(C3CCCC3)cccc2c1.c1ccc2c(C3CCCC3)cccc2c1.c1ccc2cc(C3CCCC3)ccc2c1. The number of fused-ring (bicyclic) bond motifs is 4. The van der Waals surface area contributed by atoms with Crippen LogP contribution in [0.2, 0.25) is 0 Å². The van der Waals surface area contributed by atoms with E-state index >= 15 is 0 Å². The van der Waals surface area contributed by atoms with Gasteiger partial charge in [-0.2, -0.15) is 0 Å². The van der Waals surface area contributed by atoms with E-state index in [9.17, 15) is 0 Å². The van der Waals surface area contributed by atoms with E-state index in [4.69, 9.17) is 49.1 Å². The van der Waals surface area contributed by atoms with Crippen molar-refractivity contribution in [2.24, 2.45) is 0 Å². The number of benzene rings is 12. The quantitative estimate of drug-likeness (QED) is 0.107. The van der Waals surface area contributed by atoms with Crippen LogP contribution in [0.4, 0.5) is 0 Å². The van der Waals surface area contributed by atoms with Crippen molar-refractivity contribution < 1.29 is 137 Å². The number of hydrogen-bond donors (Lipinski definition) is 0. The van der Waals surface area contributed by atoms with Gasteiger partial charge in [0.15, 0.2) is 0 Å². The van der Waals surface area contributed by atoms with Gasteiger partial charge < -0.3 is 63.8 Å². The molecule has 0 spiro atoms. The Balaban J connectivity index is -0.000000179. The van der Waals surface area contributed by atoms with Crippen LogP contribution in [-0.2, 0) is 137 Å². The number of hydrogen-bond acceptors (Lipinski definition) is 1. The molecule has 12 aromatic rings. The molecule has 9 nitrogen and oxygen atoms in total. The molecule has 0 saturated heterocycles. The summed E-state index contributed by atoms with van der Waals surface area (Å²) >= 11 is 0. The van der Waals surface area contributed by atoms with E-state index in [1.165, 1.54) is 263 Å². The van der Waals surface area contributed by atoms with Gasteiger partial charge in [-0.3, -0.25) is 0 Å². The topological polar surface area (TPSA) is 183 Å². The Labute approximate surface area is 846 Å². The molecule has 7 aliphatic rings. The van der Waals surface area contributed by atoms with Crippen LogP contribution in [0.5, 0.6) is 0 Å². The van der Waals surface area contributed by atoms with Gasteiger partial charge in [-0.15, -0.1) is 0 Å². The van der Waals surface area contributed by atoms with E-state index in [2.05, 4.69) is 332 Å². The van der Waals surface area contributed by atoms with Gasteiger partial charge in [-0.05, 0) is 211 Å². The van der Waals surface area contributed by atoms with Crippen molar-refractivity contribution >= 4 is 43.1 Å². The molecule has 0 N–H and O–H groups in total. The maximum absolute atomic E-state index is 7.50. The molecule has 12 aromatic carbocycles. The van der Waals surface area contributed by atoms with Crippen molar-refractivity contribution in [3.63, 3.8) is 0 Å². The standard InChI is InChI=1S/2C17H18.4C15H16.C5H10.CN.8CO.7CH3.3Os.2Re/c2*1-2-6-14(7-3-1)16-10-12-17(13-11-16)15-8-4-5-9-15;3*1-2-7-12(6-1)15-11-5-9-13-8-3-4-10-14(13)15;1-2-6-12(5-1)15-10-9-13-7-3-4-8-14(13)11-15;1-2-4-5-3-1;9*1-2;;;;;;;;;;;;/h2*1-3,6-7,10-13,15H,4-5,8-9H2;3*3-5,8-12H,1-2,6-7H2;3-4,7-12H,1-2,5-6H2;1-5H2;;;;;;;;;;7*1H3;;;;;/q;;;;;;;-1;;;;;;;;;7*-1;3*+2;;. The third-order valence-corrected chi connectivity index (χ3v) is 23.4. The van der Waals surface area contributed by atoms with Crippen molar-refractivity contribution in [1.82, 2.24) is 0 Å². The molecule has 14 heteroatoms. The van der Waals surface area contributed by atoms with Gasteiger partial charge >= 0.3 is 150 Å². The minimum atomic E-state index is 0. The maximum atomic E-state index is 7.50. The first-order valence-corrected chi connectivity index (χ1v) is 41.2. The van der Waals surface area contributed by atoms with E-state index in [1.54, 1.807) is 22.3 Å². The van der Waals surface area contributed by atoms with Crippen LogP contribution in [0, 0.1) is 117 Å². The zero-order valence-electron chi connectivity index (χ0n) is 76.6. The van der Waals surface area contributed by atoms with E-state index in [-0.39, 0.29) is 152 Å². The molecule has 129 heavy (non-hydrogen) atoms. The van der Waals surface area contributed by atoms with Gasteiger partial charge in [0.25, 0.3) is 0 Å². The van der Waals surface area contributed by atoms with Crippen molar-refractivity contribution in [2.45, 2.75) is 222 Å². The summed E-state index contributed by atoms with van der Waals surface area (Å²) in [6.07, 6.45) is 41.0. The van der Waals surface area contributed by atoms with Crippen LogP contribution in [0.25, 0.3) is 65.3 Å². The average Bonchev–Trinajstić information content (AvgIpc) is 1.81. The summed E-state index contributed by atoms with van der Waals surface area (Å²) in [6.45, 7) is 40.8. The molecular formula is C115H131NO8Os3Re2-2. The van der Waals surface area contributed by atoms with Crippen LogP contribution in [0.15, 0.2) is 279 Å². The molecule has 0 atom stereocenters. The van der Waals surface area contributed by atoms with E-state index < -0.39 is 0 Å².